The first-order valence-corrected chi connectivity index (χ1v) is 13.4. The van der Waals surface area contributed by atoms with Gasteiger partial charge in [-0.2, -0.15) is 0 Å². The van der Waals surface area contributed by atoms with Crippen LogP contribution in [0.1, 0.15) is 46.9 Å². The first kappa shape index (κ1) is 27.9. The van der Waals surface area contributed by atoms with Crippen LogP contribution in [-0.4, -0.2) is 46.9 Å². The number of nitrogens with two attached hydrogens (primary N) is 1. The van der Waals surface area contributed by atoms with Gasteiger partial charge in [0.1, 0.15) is 18.6 Å². The number of halogens is 1. The van der Waals surface area contributed by atoms with Crippen LogP contribution in [0.3, 0.4) is 0 Å². The molecule has 2 atom stereocenters. The minimum Gasteiger partial charge on any atom is -0.497 e. The van der Waals surface area contributed by atoms with Gasteiger partial charge in [-0.3, -0.25) is 9.59 Å². The van der Waals surface area contributed by atoms with Gasteiger partial charge in [0.2, 0.25) is 11.9 Å². The molecule has 0 aliphatic carbocycles. The molecule has 41 heavy (non-hydrogen) atoms. The van der Waals surface area contributed by atoms with E-state index in [9.17, 15) is 9.59 Å². The van der Waals surface area contributed by atoms with Gasteiger partial charge < -0.3 is 30.8 Å². The second-order valence-corrected chi connectivity index (χ2v) is 9.95. The number of carbonyl (C=O) groups excluding carboxylic acids is 2. The summed E-state index contributed by atoms with van der Waals surface area (Å²) in [6.07, 6.45) is 6.82. The summed E-state index contributed by atoms with van der Waals surface area (Å²) >= 11 is 6.47. The molecule has 11 nitrogen and oxygen atoms in total. The maximum atomic E-state index is 13.6. The van der Waals surface area contributed by atoms with E-state index in [1.807, 2.05) is 43.3 Å². The van der Waals surface area contributed by atoms with Gasteiger partial charge in [-0.1, -0.05) is 35.9 Å². The Morgan fingerprint density at radius 3 is 2.90 bits per heavy atom. The average molecular weight is 576 g/mol. The zero-order valence-electron chi connectivity index (χ0n) is 22.6. The third-order valence-corrected chi connectivity index (χ3v) is 7.15. The van der Waals surface area contributed by atoms with E-state index in [0.717, 1.165) is 11.1 Å². The molecule has 3 heterocycles. The van der Waals surface area contributed by atoms with Crippen LogP contribution >= 0.6 is 11.6 Å². The first-order valence-electron chi connectivity index (χ1n) is 13.0. The Hall–Kier alpha value is -4.61. The van der Waals surface area contributed by atoms with E-state index in [2.05, 4.69) is 26.1 Å². The van der Waals surface area contributed by atoms with Gasteiger partial charge in [-0.15, -0.1) is 0 Å². The Labute approximate surface area is 242 Å². The number of ether oxygens (including phenoxy) is 1. The number of anilines is 1. The summed E-state index contributed by atoms with van der Waals surface area (Å²) in [6.45, 7) is 2.13. The summed E-state index contributed by atoms with van der Waals surface area (Å²) in [5.74, 6) is 0.495. The Morgan fingerprint density at radius 1 is 1.29 bits per heavy atom. The number of fused-ring (bicyclic) bond motifs is 1. The van der Waals surface area contributed by atoms with Crippen molar-refractivity contribution in [3.63, 3.8) is 0 Å². The Morgan fingerprint density at radius 2 is 2.15 bits per heavy atom. The summed E-state index contributed by atoms with van der Waals surface area (Å²) in [5.41, 5.74) is 12.5. The Bertz CT molecular complexity index is 1530. The zero-order chi connectivity index (χ0) is 28.9. The number of nitrogens with zero attached hydrogens (tertiary/aromatic N) is 3. The van der Waals surface area contributed by atoms with Crippen molar-refractivity contribution in [2.45, 2.75) is 25.4 Å². The second-order valence-electron chi connectivity index (χ2n) is 9.55. The molecule has 212 valence electrons. The molecule has 0 bridgehead atoms. The molecule has 3 aromatic rings. The number of rotatable bonds is 10. The molecule has 0 spiro atoms. The lowest BCUT2D eigenvalue weighted by molar-refractivity contribution is -0.122. The lowest BCUT2D eigenvalue weighted by Gasteiger charge is -2.25. The highest BCUT2D eigenvalue weighted by Crippen LogP contribution is 2.38. The molecule has 12 heteroatoms. The number of hydrogen-bond acceptors (Lipinski definition) is 9. The molecular weight excluding hydrogens is 546 g/mol. The minimum atomic E-state index is -0.327. The Kier molecular flexibility index (Phi) is 8.37. The van der Waals surface area contributed by atoms with Crippen LogP contribution in [0.2, 0.25) is 5.02 Å². The third kappa shape index (κ3) is 6.11. The Balaban J connectivity index is 1.36. The van der Waals surface area contributed by atoms with Crippen LogP contribution in [0.15, 0.2) is 72.9 Å². The lowest BCUT2D eigenvalue weighted by atomic mass is 9.98. The fourth-order valence-electron chi connectivity index (χ4n) is 4.86. The van der Waals surface area contributed by atoms with Crippen LogP contribution in [0.4, 0.5) is 5.95 Å². The van der Waals surface area contributed by atoms with Crippen molar-refractivity contribution in [1.82, 2.24) is 25.7 Å². The van der Waals surface area contributed by atoms with Crippen molar-refractivity contribution >= 4 is 29.4 Å². The van der Waals surface area contributed by atoms with Crippen molar-refractivity contribution in [2.24, 2.45) is 5.73 Å². The van der Waals surface area contributed by atoms with E-state index in [-0.39, 0.29) is 30.4 Å². The molecule has 2 aliphatic heterocycles. The standard InChI is InChI=1S/C29H30ClN7O4/c1-17(18-4-3-5-21(12-18)40-2)34-26(38)16-37-25(8-10-31)22-7-6-19(13-23(22)28(37)39)27-24(30)15-32-29(36-27)35-20-9-11-41-33-14-20/h3-7,9,11-15,17,25,33H,8,10,16,31H2,1-2H3,(H,34,38)(H,32,35,36)/t17-,25-/m1/s1. The highest BCUT2D eigenvalue weighted by atomic mass is 35.5. The van der Waals surface area contributed by atoms with Crippen LogP contribution in [0, 0.1) is 0 Å². The number of amides is 2. The molecule has 2 aliphatic rings. The SMILES string of the molecule is COc1cccc([C@@H](C)NC(=O)CN2C(=O)c3cc(-c4nc(NC5=CNOC=C5)ncc4Cl)ccc3[C@H]2CCN)c1. The zero-order valence-corrected chi connectivity index (χ0v) is 23.3. The summed E-state index contributed by atoms with van der Waals surface area (Å²) in [5, 5.41) is 6.39. The van der Waals surface area contributed by atoms with Crippen molar-refractivity contribution < 1.29 is 19.2 Å². The van der Waals surface area contributed by atoms with E-state index >= 15 is 0 Å². The van der Waals surface area contributed by atoms with Gasteiger partial charge in [0, 0.05) is 17.2 Å². The maximum Gasteiger partial charge on any atom is 0.255 e. The lowest BCUT2D eigenvalue weighted by Crippen LogP contribution is -2.40. The van der Waals surface area contributed by atoms with Crippen LogP contribution in [0.5, 0.6) is 5.75 Å². The average Bonchev–Trinajstić information content (AvgIpc) is 3.24. The molecule has 2 aromatic carbocycles. The predicted octanol–water partition coefficient (Wildman–Crippen LogP) is 3.83. The molecule has 0 radical (unpaired) electrons. The molecular formula is C29H30ClN7O4. The first-order chi connectivity index (χ1) is 19.9. The maximum absolute atomic E-state index is 13.6. The van der Waals surface area contributed by atoms with E-state index < -0.39 is 0 Å². The monoisotopic (exact) mass is 575 g/mol. The van der Waals surface area contributed by atoms with Gasteiger partial charge in [0.05, 0.1) is 48.0 Å². The van der Waals surface area contributed by atoms with Crippen LogP contribution in [0.25, 0.3) is 11.3 Å². The fraction of sp³-hybridized carbons (Fsp3) is 0.241. The second kappa shape index (κ2) is 12.3. The normalized spacial score (nSPS) is 16.3. The molecule has 2 amide bonds. The van der Waals surface area contributed by atoms with Crippen LogP contribution in [-0.2, 0) is 9.63 Å². The van der Waals surface area contributed by atoms with E-state index in [1.54, 1.807) is 30.4 Å². The number of allylic oxidation sites excluding steroid dienone is 1. The number of aromatic nitrogens is 2. The van der Waals surface area contributed by atoms with E-state index in [0.29, 0.717) is 52.2 Å². The van der Waals surface area contributed by atoms with Crippen molar-refractivity contribution in [2.75, 3.05) is 25.5 Å². The minimum absolute atomic E-state index is 0.107. The smallest absolute Gasteiger partial charge is 0.255 e. The highest BCUT2D eigenvalue weighted by Gasteiger charge is 2.37. The predicted molar refractivity (Wildman–Crippen MR) is 155 cm³/mol. The van der Waals surface area contributed by atoms with Gasteiger partial charge in [-0.05, 0) is 49.2 Å². The number of hydrogen-bond donors (Lipinski definition) is 4. The van der Waals surface area contributed by atoms with Gasteiger partial charge in [0.15, 0.2) is 0 Å². The summed E-state index contributed by atoms with van der Waals surface area (Å²) < 4.78 is 5.29. The highest BCUT2D eigenvalue weighted by molar-refractivity contribution is 6.33. The fourth-order valence-corrected chi connectivity index (χ4v) is 5.06. The number of benzene rings is 2. The molecule has 0 unspecified atom stereocenters. The summed E-state index contributed by atoms with van der Waals surface area (Å²) in [4.78, 5) is 42.0. The molecule has 0 saturated heterocycles. The summed E-state index contributed by atoms with van der Waals surface area (Å²) in [6, 6.07) is 12.4. The van der Waals surface area contributed by atoms with Crippen LogP contribution < -0.4 is 26.6 Å². The number of carbonyl (C=O) groups is 2. The quantitative estimate of drug-likeness (QED) is 0.283. The number of nitrogens with one attached hydrogen (secondary N) is 3. The molecule has 5 rings (SSSR count). The van der Waals surface area contributed by atoms with Crippen molar-refractivity contribution in [3.05, 3.63) is 94.6 Å². The molecule has 0 fully saturated rings. The van der Waals surface area contributed by atoms with Gasteiger partial charge in [0.25, 0.3) is 5.91 Å². The number of hydroxylamine groups is 1. The third-order valence-electron chi connectivity index (χ3n) is 6.88. The largest absolute Gasteiger partial charge is 0.497 e. The number of methoxy groups -OCH3 is 1. The van der Waals surface area contributed by atoms with Gasteiger partial charge >= 0.3 is 0 Å². The van der Waals surface area contributed by atoms with Gasteiger partial charge in [-0.25, -0.2) is 15.4 Å². The van der Waals surface area contributed by atoms with Crippen molar-refractivity contribution in [1.29, 1.82) is 0 Å². The van der Waals surface area contributed by atoms with E-state index in [1.165, 1.54) is 12.5 Å². The van der Waals surface area contributed by atoms with E-state index in [4.69, 9.17) is 26.9 Å². The molecule has 0 saturated carbocycles. The molecule has 1 aromatic heterocycles. The topological polar surface area (TPSA) is 144 Å². The summed E-state index contributed by atoms with van der Waals surface area (Å²) in [7, 11) is 1.59. The van der Waals surface area contributed by atoms with Crippen molar-refractivity contribution in [3.8, 4) is 17.0 Å². The molecule has 5 N–H and O–H groups in total.